The van der Waals surface area contributed by atoms with Gasteiger partial charge in [-0.25, -0.2) is 4.98 Å². The Morgan fingerprint density at radius 1 is 1.19 bits per heavy atom. The second kappa shape index (κ2) is 6.60. The van der Waals surface area contributed by atoms with Crippen LogP contribution in [0.5, 0.6) is 5.88 Å². The van der Waals surface area contributed by atoms with E-state index in [4.69, 9.17) is 9.47 Å². The zero-order chi connectivity index (χ0) is 14.7. The molecule has 1 aliphatic carbocycles. The van der Waals surface area contributed by atoms with E-state index < -0.39 is 0 Å². The molecule has 1 saturated carbocycles. The molecule has 0 aromatic carbocycles. The van der Waals surface area contributed by atoms with E-state index in [-0.39, 0.29) is 0 Å². The molecule has 0 atom stereocenters. The van der Waals surface area contributed by atoms with Crippen LogP contribution in [0.25, 0.3) is 0 Å². The molecule has 5 heteroatoms. The van der Waals surface area contributed by atoms with Crippen LogP contribution in [0.3, 0.4) is 0 Å². The van der Waals surface area contributed by atoms with Crippen molar-refractivity contribution in [3.8, 4) is 5.88 Å². The molecule has 0 spiro atoms. The first-order valence-electron chi connectivity index (χ1n) is 8.11. The molecule has 3 rings (SSSR count). The van der Waals surface area contributed by atoms with Crippen LogP contribution >= 0.6 is 0 Å². The third kappa shape index (κ3) is 3.64. The van der Waals surface area contributed by atoms with Crippen molar-refractivity contribution in [1.29, 1.82) is 0 Å². The predicted molar refractivity (Wildman–Crippen MR) is 81.9 cm³/mol. The van der Waals surface area contributed by atoms with Gasteiger partial charge in [-0.3, -0.25) is 0 Å². The van der Waals surface area contributed by atoms with Crippen molar-refractivity contribution < 1.29 is 9.47 Å². The van der Waals surface area contributed by atoms with Crippen molar-refractivity contribution in [3.63, 3.8) is 0 Å². The topological polar surface area (TPSA) is 56.3 Å². The minimum atomic E-state index is 0.536. The van der Waals surface area contributed by atoms with Gasteiger partial charge < -0.3 is 14.8 Å². The summed E-state index contributed by atoms with van der Waals surface area (Å²) in [6.45, 7) is 7.42. The summed E-state index contributed by atoms with van der Waals surface area (Å²) in [5.74, 6) is 3.75. The fraction of sp³-hybridized carbons (Fsp3) is 0.750. The molecule has 2 heterocycles. The van der Waals surface area contributed by atoms with Crippen LogP contribution in [0.4, 0.5) is 5.82 Å². The number of ether oxygens (including phenoxy) is 2. The molecule has 2 aliphatic rings. The first kappa shape index (κ1) is 14.6. The molecule has 1 saturated heterocycles. The summed E-state index contributed by atoms with van der Waals surface area (Å²) < 4.78 is 11.4. The average molecular weight is 291 g/mol. The number of hydrogen-bond donors (Lipinski definition) is 1. The Morgan fingerprint density at radius 2 is 1.95 bits per heavy atom. The van der Waals surface area contributed by atoms with Crippen LogP contribution in [-0.2, 0) is 4.74 Å². The lowest BCUT2D eigenvalue weighted by Crippen LogP contribution is -2.22. The first-order valence-corrected chi connectivity index (χ1v) is 8.11. The molecule has 0 radical (unpaired) electrons. The van der Waals surface area contributed by atoms with E-state index in [1.165, 1.54) is 12.8 Å². The van der Waals surface area contributed by atoms with E-state index in [2.05, 4.69) is 22.2 Å². The number of rotatable bonds is 6. The highest BCUT2D eigenvalue weighted by Gasteiger charge is 2.28. The van der Waals surface area contributed by atoms with Gasteiger partial charge in [0.05, 0.1) is 12.2 Å². The van der Waals surface area contributed by atoms with Gasteiger partial charge in [0.15, 0.2) is 0 Å². The van der Waals surface area contributed by atoms with Crippen molar-refractivity contribution in [2.24, 2.45) is 5.92 Å². The highest BCUT2D eigenvalue weighted by Crippen LogP contribution is 2.40. The van der Waals surface area contributed by atoms with Crippen molar-refractivity contribution in [2.75, 3.05) is 31.7 Å². The Morgan fingerprint density at radius 3 is 2.62 bits per heavy atom. The lowest BCUT2D eigenvalue weighted by atomic mass is 10.0. The molecule has 0 bridgehead atoms. The maximum atomic E-state index is 6.04. The SMILES string of the molecule is CCNc1nc(C2CC2)nc(OCC2CCOCC2)c1C. The van der Waals surface area contributed by atoms with Crippen LogP contribution in [0, 0.1) is 12.8 Å². The van der Waals surface area contributed by atoms with Gasteiger partial charge in [0.1, 0.15) is 11.6 Å². The zero-order valence-electron chi connectivity index (χ0n) is 13.0. The van der Waals surface area contributed by atoms with E-state index in [0.29, 0.717) is 11.8 Å². The first-order chi connectivity index (χ1) is 10.3. The monoisotopic (exact) mass is 291 g/mol. The third-order valence-electron chi connectivity index (χ3n) is 4.20. The van der Waals surface area contributed by atoms with Crippen LogP contribution < -0.4 is 10.1 Å². The zero-order valence-corrected chi connectivity index (χ0v) is 13.0. The highest BCUT2D eigenvalue weighted by atomic mass is 16.5. The number of hydrogen-bond acceptors (Lipinski definition) is 5. The standard InChI is InChI=1S/C16H25N3O2/c1-3-17-14-11(2)16(19-15(18-14)13-4-5-13)21-10-12-6-8-20-9-7-12/h12-13H,3-10H2,1-2H3,(H,17,18,19). The largest absolute Gasteiger partial charge is 0.477 e. The smallest absolute Gasteiger partial charge is 0.221 e. The van der Waals surface area contributed by atoms with Gasteiger partial charge in [-0.15, -0.1) is 0 Å². The molecular weight excluding hydrogens is 266 g/mol. The van der Waals surface area contributed by atoms with Crippen molar-refractivity contribution in [1.82, 2.24) is 9.97 Å². The molecule has 0 amide bonds. The lowest BCUT2D eigenvalue weighted by Gasteiger charge is -2.22. The van der Waals surface area contributed by atoms with E-state index in [1.54, 1.807) is 0 Å². The Kier molecular flexibility index (Phi) is 4.58. The van der Waals surface area contributed by atoms with Crippen molar-refractivity contribution in [2.45, 2.75) is 45.4 Å². The minimum Gasteiger partial charge on any atom is -0.477 e. The lowest BCUT2D eigenvalue weighted by molar-refractivity contribution is 0.0489. The number of nitrogens with one attached hydrogen (secondary N) is 1. The summed E-state index contributed by atoms with van der Waals surface area (Å²) in [5.41, 5.74) is 1.02. The maximum Gasteiger partial charge on any atom is 0.221 e. The van der Waals surface area contributed by atoms with Crippen molar-refractivity contribution in [3.05, 3.63) is 11.4 Å². The van der Waals surface area contributed by atoms with Crippen LogP contribution in [0.2, 0.25) is 0 Å². The normalized spacial score (nSPS) is 19.5. The average Bonchev–Trinajstić information content (AvgIpc) is 3.34. The van der Waals surface area contributed by atoms with E-state index in [9.17, 15) is 0 Å². The Bertz CT molecular complexity index is 483. The Balaban J connectivity index is 1.72. The third-order valence-corrected chi connectivity index (χ3v) is 4.20. The molecule has 0 unspecified atom stereocenters. The Hall–Kier alpha value is -1.36. The second-order valence-corrected chi connectivity index (χ2v) is 6.03. The van der Waals surface area contributed by atoms with Gasteiger partial charge in [-0.1, -0.05) is 0 Å². The van der Waals surface area contributed by atoms with Crippen LogP contribution in [0.1, 0.15) is 49.9 Å². The minimum absolute atomic E-state index is 0.536. The summed E-state index contributed by atoms with van der Waals surface area (Å²) in [6.07, 6.45) is 4.57. The summed E-state index contributed by atoms with van der Waals surface area (Å²) >= 11 is 0. The van der Waals surface area contributed by atoms with Gasteiger partial charge in [0, 0.05) is 25.7 Å². The van der Waals surface area contributed by atoms with Crippen LogP contribution in [-0.4, -0.2) is 36.3 Å². The van der Waals surface area contributed by atoms with Gasteiger partial charge in [0.25, 0.3) is 0 Å². The summed E-state index contributed by atoms with van der Waals surface area (Å²) in [5, 5.41) is 3.33. The number of aromatic nitrogens is 2. The molecular formula is C16H25N3O2. The van der Waals surface area contributed by atoms with Gasteiger partial charge >= 0.3 is 0 Å². The fourth-order valence-corrected chi connectivity index (χ4v) is 2.63. The van der Waals surface area contributed by atoms with Crippen LogP contribution in [0.15, 0.2) is 0 Å². The Labute approximate surface area is 126 Å². The van der Waals surface area contributed by atoms with Gasteiger partial charge in [-0.05, 0) is 45.4 Å². The molecule has 116 valence electrons. The molecule has 21 heavy (non-hydrogen) atoms. The number of nitrogens with zero attached hydrogens (tertiary/aromatic N) is 2. The quantitative estimate of drug-likeness (QED) is 0.873. The number of anilines is 1. The fourth-order valence-electron chi connectivity index (χ4n) is 2.63. The van der Waals surface area contributed by atoms with E-state index in [1.807, 2.05) is 6.92 Å². The van der Waals surface area contributed by atoms with E-state index in [0.717, 1.165) is 62.3 Å². The van der Waals surface area contributed by atoms with Crippen molar-refractivity contribution >= 4 is 5.82 Å². The highest BCUT2D eigenvalue weighted by molar-refractivity contribution is 5.49. The predicted octanol–water partition coefficient (Wildman–Crippen LogP) is 2.90. The summed E-state index contributed by atoms with van der Waals surface area (Å²) in [6, 6.07) is 0. The summed E-state index contributed by atoms with van der Waals surface area (Å²) in [4.78, 5) is 9.31. The maximum absolute atomic E-state index is 6.04. The molecule has 5 nitrogen and oxygen atoms in total. The summed E-state index contributed by atoms with van der Waals surface area (Å²) in [7, 11) is 0. The van der Waals surface area contributed by atoms with Gasteiger partial charge in [0.2, 0.25) is 5.88 Å². The second-order valence-electron chi connectivity index (χ2n) is 6.03. The molecule has 1 N–H and O–H groups in total. The van der Waals surface area contributed by atoms with Gasteiger partial charge in [-0.2, -0.15) is 4.98 Å². The molecule has 2 fully saturated rings. The molecule has 1 aromatic heterocycles. The van der Waals surface area contributed by atoms with E-state index >= 15 is 0 Å². The molecule has 1 aromatic rings. The molecule has 1 aliphatic heterocycles.